The van der Waals surface area contributed by atoms with Crippen LogP contribution in [0.1, 0.15) is 5.76 Å². The molecule has 31 heavy (non-hydrogen) atoms. The number of halogens is 3. The molecule has 1 amide bonds. The molecule has 158 valence electrons. The van der Waals surface area contributed by atoms with Crippen LogP contribution in [-0.2, 0) is 11.3 Å². The molecule has 0 radical (unpaired) electrons. The Morgan fingerprint density at radius 2 is 1.84 bits per heavy atom. The summed E-state index contributed by atoms with van der Waals surface area (Å²) in [5.41, 5.74) is 0.692. The number of hydrogen-bond acceptors (Lipinski definition) is 5. The van der Waals surface area contributed by atoms with Crippen LogP contribution in [0.3, 0.4) is 0 Å². The first kappa shape index (κ1) is 21.8. The van der Waals surface area contributed by atoms with E-state index in [0.717, 1.165) is 11.8 Å². The number of anilines is 1. The van der Waals surface area contributed by atoms with Gasteiger partial charge in [-0.25, -0.2) is 4.98 Å². The quantitative estimate of drug-likeness (QED) is 0.210. The number of hydrogen-bond donors (Lipinski definition) is 1. The summed E-state index contributed by atoms with van der Waals surface area (Å²) in [5, 5.41) is 4.42. The van der Waals surface area contributed by atoms with Crippen LogP contribution in [0.2, 0.25) is 15.1 Å². The predicted octanol–water partition coefficient (Wildman–Crippen LogP) is 5.73. The van der Waals surface area contributed by atoms with Gasteiger partial charge in [-0.1, -0.05) is 58.7 Å². The van der Waals surface area contributed by atoms with Crippen molar-refractivity contribution in [2.75, 3.05) is 11.1 Å². The molecule has 0 saturated carbocycles. The molecule has 0 bridgehead atoms. The van der Waals surface area contributed by atoms with Crippen molar-refractivity contribution < 1.29 is 9.21 Å². The number of para-hydroxylation sites is 1. The number of rotatable bonds is 6. The Labute approximate surface area is 196 Å². The highest BCUT2D eigenvalue weighted by molar-refractivity contribution is 7.99. The molecule has 0 unspecified atom stereocenters. The minimum atomic E-state index is -0.336. The van der Waals surface area contributed by atoms with Crippen molar-refractivity contribution in [2.45, 2.75) is 11.7 Å². The molecular formula is C21H14Cl3N3O3S. The second kappa shape index (κ2) is 9.36. The summed E-state index contributed by atoms with van der Waals surface area (Å²) >= 11 is 19.2. The van der Waals surface area contributed by atoms with Crippen LogP contribution in [0.25, 0.3) is 10.9 Å². The van der Waals surface area contributed by atoms with Gasteiger partial charge in [0.1, 0.15) is 5.76 Å². The minimum absolute atomic E-state index is 0.000487. The minimum Gasteiger partial charge on any atom is -0.467 e. The topological polar surface area (TPSA) is 77.1 Å². The molecule has 4 rings (SSSR count). The summed E-state index contributed by atoms with van der Waals surface area (Å²) in [7, 11) is 0. The second-order valence-electron chi connectivity index (χ2n) is 6.47. The molecule has 2 aromatic carbocycles. The van der Waals surface area contributed by atoms with Crippen molar-refractivity contribution in [3.8, 4) is 0 Å². The third-order valence-corrected chi connectivity index (χ3v) is 6.35. The number of carbonyl (C=O) groups excluding carboxylic acids is 1. The van der Waals surface area contributed by atoms with Gasteiger partial charge in [-0.15, -0.1) is 0 Å². The zero-order chi connectivity index (χ0) is 22.0. The van der Waals surface area contributed by atoms with Crippen molar-refractivity contribution in [3.63, 3.8) is 0 Å². The van der Waals surface area contributed by atoms with Crippen molar-refractivity contribution in [1.82, 2.24) is 9.55 Å². The maximum Gasteiger partial charge on any atom is 0.262 e. The van der Waals surface area contributed by atoms with Crippen LogP contribution in [0, 0.1) is 0 Å². The van der Waals surface area contributed by atoms with E-state index >= 15 is 0 Å². The first-order chi connectivity index (χ1) is 14.9. The third kappa shape index (κ3) is 4.91. The largest absolute Gasteiger partial charge is 0.467 e. The highest BCUT2D eigenvalue weighted by Gasteiger charge is 2.15. The van der Waals surface area contributed by atoms with Gasteiger partial charge in [-0.05, 0) is 36.4 Å². The van der Waals surface area contributed by atoms with Gasteiger partial charge in [0.2, 0.25) is 5.91 Å². The number of fused-ring (bicyclic) bond motifs is 1. The van der Waals surface area contributed by atoms with Crippen LogP contribution >= 0.6 is 46.6 Å². The molecular weight excluding hydrogens is 481 g/mol. The Hall–Kier alpha value is -2.45. The van der Waals surface area contributed by atoms with E-state index in [0.29, 0.717) is 32.5 Å². The molecule has 2 heterocycles. The maximum absolute atomic E-state index is 13.0. The predicted molar refractivity (Wildman–Crippen MR) is 125 cm³/mol. The first-order valence-electron chi connectivity index (χ1n) is 9.01. The van der Waals surface area contributed by atoms with Gasteiger partial charge in [0, 0.05) is 0 Å². The van der Waals surface area contributed by atoms with Gasteiger partial charge in [0.25, 0.3) is 5.56 Å². The summed E-state index contributed by atoms with van der Waals surface area (Å²) in [6, 6.07) is 13.5. The second-order valence-corrected chi connectivity index (χ2v) is 8.63. The molecule has 0 aliphatic heterocycles. The summed E-state index contributed by atoms with van der Waals surface area (Å²) in [4.78, 5) is 30.1. The summed E-state index contributed by atoms with van der Waals surface area (Å²) in [6.07, 6.45) is 1.54. The van der Waals surface area contributed by atoms with E-state index in [1.165, 1.54) is 23.0 Å². The standard InChI is InChI=1S/C21H14Cl3N3O3S/c22-14-8-16(24)18(9-15(14)23)25-19(28)11-31-21-26-17-6-2-1-5-13(17)20(29)27(21)10-12-4-3-7-30-12/h1-9H,10-11H2,(H,25,28). The number of furan rings is 1. The zero-order valence-electron chi connectivity index (χ0n) is 15.8. The Kier molecular flexibility index (Phi) is 6.57. The van der Waals surface area contributed by atoms with Crippen LogP contribution < -0.4 is 10.9 Å². The van der Waals surface area contributed by atoms with E-state index in [4.69, 9.17) is 39.2 Å². The molecule has 0 aliphatic carbocycles. The van der Waals surface area contributed by atoms with E-state index in [-0.39, 0.29) is 33.8 Å². The highest BCUT2D eigenvalue weighted by atomic mass is 35.5. The van der Waals surface area contributed by atoms with E-state index in [1.54, 1.807) is 36.4 Å². The lowest BCUT2D eigenvalue weighted by Gasteiger charge is -2.12. The van der Waals surface area contributed by atoms with Crippen molar-refractivity contribution >= 4 is 69.1 Å². The Morgan fingerprint density at radius 1 is 1.06 bits per heavy atom. The molecule has 0 aliphatic rings. The SMILES string of the molecule is O=C(CSc1nc2ccccc2c(=O)n1Cc1ccco1)Nc1cc(Cl)c(Cl)cc1Cl. The third-order valence-electron chi connectivity index (χ3n) is 4.34. The van der Waals surface area contributed by atoms with Gasteiger partial charge in [-0.2, -0.15) is 0 Å². The van der Waals surface area contributed by atoms with Crippen molar-refractivity contribution in [3.05, 3.63) is 86.0 Å². The van der Waals surface area contributed by atoms with Crippen LogP contribution in [-0.4, -0.2) is 21.2 Å². The maximum atomic E-state index is 13.0. The molecule has 0 fully saturated rings. The number of thioether (sulfide) groups is 1. The normalized spacial score (nSPS) is 11.1. The number of amides is 1. The Morgan fingerprint density at radius 3 is 2.61 bits per heavy atom. The number of carbonyl (C=O) groups is 1. The lowest BCUT2D eigenvalue weighted by Crippen LogP contribution is -2.24. The fraction of sp³-hybridized carbons (Fsp3) is 0.0952. The van der Waals surface area contributed by atoms with Gasteiger partial charge < -0.3 is 9.73 Å². The van der Waals surface area contributed by atoms with E-state index < -0.39 is 0 Å². The number of nitrogens with one attached hydrogen (secondary N) is 1. The average molecular weight is 495 g/mol. The molecule has 0 spiro atoms. The monoisotopic (exact) mass is 493 g/mol. The van der Waals surface area contributed by atoms with Crippen LogP contribution in [0.15, 0.2) is 69.2 Å². The van der Waals surface area contributed by atoms with E-state index in [9.17, 15) is 9.59 Å². The molecule has 1 N–H and O–H groups in total. The molecule has 0 saturated heterocycles. The molecule has 2 aromatic heterocycles. The Balaban J connectivity index is 1.59. The molecule has 4 aromatic rings. The lowest BCUT2D eigenvalue weighted by atomic mass is 10.2. The summed E-state index contributed by atoms with van der Waals surface area (Å²) in [5.74, 6) is 0.268. The lowest BCUT2D eigenvalue weighted by molar-refractivity contribution is -0.113. The van der Waals surface area contributed by atoms with Gasteiger partial charge in [-0.3, -0.25) is 14.2 Å². The van der Waals surface area contributed by atoms with E-state index in [2.05, 4.69) is 10.3 Å². The average Bonchev–Trinajstić information content (AvgIpc) is 3.26. The van der Waals surface area contributed by atoms with Gasteiger partial charge in [0.15, 0.2) is 5.16 Å². The summed E-state index contributed by atoms with van der Waals surface area (Å²) in [6.45, 7) is 0.201. The molecule has 6 nitrogen and oxygen atoms in total. The molecule has 10 heteroatoms. The van der Waals surface area contributed by atoms with Gasteiger partial charge in [0.05, 0.1) is 50.2 Å². The van der Waals surface area contributed by atoms with Crippen LogP contribution in [0.4, 0.5) is 5.69 Å². The zero-order valence-corrected chi connectivity index (χ0v) is 18.9. The summed E-state index contributed by atoms with van der Waals surface area (Å²) < 4.78 is 6.88. The van der Waals surface area contributed by atoms with Gasteiger partial charge >= 0.3 is 0 Å². The first-order valence-corrected chi connectivity index (χ1v) is 11.1. The smallest absolute Gasteiger partial charge is 0.262 e. The number of aromatic nitrogens is 2. The Bertz CT molecular complexity index is 1320. The van der Waals surface area contributed by atoms with Crippen LogP contribution in [0.5, 0.6) is 0 Å². The molecule has 0 atom stereocenters. The number of benzene rings is 2. The van der Waals surface area contributed by atoms with E-state index in [1.807, 2.05) is 0 Å². The van der Waals surface area contributed by atoms with Crippen molar-refractivity contribution in [2.24, 2.45) is 0 Å². The fourth-order valence-electron chi connectivity index (χ4n) is 2.89. The van der Waals surface area contributed by atoms with Crippen molar-refractivity contribution in [1.29, 1.82) is 0 Å². The fourth-order valence-corrected chi connectivity index (χ4v) is 4.28. The highest BCUT2D eigenvalue weighted by Crippen LogP contribution is 2.32. The number of nitrogens with zero attached hydrogens (tertiary/aromatic N) is 2.